The van der Waals surface area contributed by atoms with Crippen molar-refractivity contribution in [1.82, 2.24) is 0 Å². The first-order valence-corrected chi connectivity index (χ1v) is 5.46. The van der Waals surface area contributed by atoms with E-state index in [1.165, 1.54) is 17.7 Å². The van der Waals surface area contributed by atoms with Crippen LogP contribution >= 0.6 is 0 Å². The monoisotopic (exact) mass is 191 g/mol. The lowest BCUT2D eigenvalue weighted by Gasteiger charge is -2.21. The Balaban J connectivity index is 2.60. The molecule has 0 saturated carbocycles. The average molecular weight is 191 g/mol. The topological polar surface area (TPSA) is 12.0 Å². The zero-order chi connectivity index (χ0) is 10.6. The van der Waals surface area contributed by atoms with Crippen molar-refractivity contribution in [3.8, 4) is 0 Å². The van der Waals surface area contributed by atoms with Crippen LogP contribution in [-0.4, -0.2) is 6.04 Å². The van der Waals surface area contributed by atoms with Crippen LogP contribution in [0.2, 0.25) is 0 Å². The van der Waals surface area contributed by atoms with Gasteiger partial charge in [0.15, 0.2) is 0 Å². The third-order valence-electron chi connectivity index (χ3n) is 2.91. The summed E-state index contributed by atoms with van der Waals surface area (Å²) in [7, 11) is 0. The molecule has 1 nitrogen and oxygen atoms in total. The van der Waals surface area contributed by atoms with Crippen LogP contribution in [0.5, 0.6) is 0 Å². The van der Waals surface area contributed by atoms with Crippen molar-refractivity contribution in [2.24, 2.45) is 5.92 Å². The van der Waals surface area contributed by atoms with E-state index in [2.05, 4.69) is 57.3 Å². The molecular weight excluding hydrogens is 170 g/mol. The highest BCUT2D eigenvalue weighted by molar-refractivity contribution is 5.46. The van der Waals surface area contributed by atoms with Crippen LogP contribution in [0.4, 0.5) is 5.69 Å². The van der Waals surface area contributed by atoms with E-state index in [-0.39, 0.29) is 0 Å². The summed E-state index contributed by atoms with van der Waals surface area (Å²) in [5.41, 5.74) is 2.55. The van der Waals surface area contributed by atoms with Crippen LogP contribution in [0.25, 0.3) is 0 Å². The molecule has 0 aliphatic rings. The largest absolute Gasteiger partial charge is 0.382 e. The molecule has 0 aromatic heterocycles. The molecule has 0 heterocycles. The van der Waals surface area contributed by atoms with E-state index in [4.69, 9.17) is 0 Å². The summed E-state index contributed by atoms with van der Waals surface area (Å²) in [5.74, 6) is 0.718. The molecular formula is C13H21N. The molecule has 0 aliphatic heterocycles. The van der Waals surface area contributed by atoms with Crippen LogP contribution in [0.15, 0.2) is 24.3 Å². The van der Waals surface area contributed by atoms with Gasteiger partial charge >= 0.3 is 0 Å². The first-order valence-electron chi connectivity index (χ1n) is 5.46. The van der Waals surface area contributed by atoms with E-state index in [0.717, 1.165) is 5.92 Å². The molecule has 0 bridgehead atoms. The van der Waals surface area contributed by atoms with Gasteiger partial charge in [-0.3, -0.25) is 0 Å². The lowest BCUT2D eigenvalue weighted by atomic mass is 10.0. The number of anilines is 1. The summed E-state index contributed by atoms with van der Waals surface area (Å²) < 4.78 is 0. The average Bonchev–Trinajstić information content (AvgIpc) is 2.16. The highest BCUT2D eigenvalue weighted by Crippen LogP contribution is 2.15. The maximum absolute atomic E-state index is 3.53. The third-order valence-corrected chi connectivity index (χ3v) is 2.91. The first-order chi connectivity index (χ1) is 6.63. The van der Waals surface area contributed by atoms with Gasteiger partial charge in [-0.1, -0.05) is 32.4 Å². The molecule has 78 valence electrons. The summed E-state index contributed by atoms with van der Waals surface area (Å²) in [5, 5.41) is 3.53. The van der Waals surface area contributed by atoms with Crippen molar-refractivity contribution < 1.29 is 0 Å². The van der Waals surface area contributed by atoms with Crippen LogP contribution < -0.4 is 5.32 Å². The number of nitrogens with one attached hydrogen (secondary N) is 1. The minimum Gasteiger partial charge on any atom is -0.382 e. The van der Waals surface area contributed by atoms with Crippen molar-refractivity contribution in [1.29, 1.82) is 0 Å². The second kappa shape index (κ2) is 5.04. The van der Waals surface area contributed by atoms with Crippen molar-refractivity contribution in [2.75, 3.05) is 5.32 Å². The number of hydrogen-bond donors (Lipinski definition) is 1. The lowest BCUT2D eigenvalue weighted by Crippen LogP contribution is -2.23. The van der Waals surface area contributed by atoms with Crippen molar-refractivity contribution >= 4 is 5.69 Å². The molecule has 0 radical (unpaired) electrons. The summed E-state index contributed by atoms with van der Waals surface area (Å²) in [4.78, 5) is 0. The summed E-state index contributed by atoms with van der Waals surface area (Å²) in [6, 6.07) is 9.09. The predicted molar refractivity (Wildman–Crippen MR) is 63.7 cm³/mol. The maximum Gasteiger partial charge on any atom is 0.0344 e. The number of aryl methyl sites for hydroxylation is 1. The lowest BCUT2D eigenvalue weighted by molar-refractivity contribution is 0.494. The molecule has 1 aromatic carbocycles. The Kier molecular flexibility index (Phi) is 3.99. The second-order valence-electron chi connectivity index (χ2n) is 4.19. The van der Waals surface area contributed by atoms with E-state index >= 15 is 0 Å². The van der Waals surface area contributed by atoms with Gasteiger partial charge in [0.05, 0.1) is 0 Å². The fraction of sp³-hybridized carbons (Fsp3) is 0.538. The summed E-state index contributed by atoms with van der Waals surface area (Å²) in [6.07, 6.45) is 1.22. The molecule has 14 heavy (non-hydrogen) atoms. The van der Waals surface area contributed by atoms with E-state index in [9.17, 15) is 0 Å². The molecule has 0 spiro atoms. The van der Waals surface area contributed by atoms with Crippen molar-refractivity contribution in [3.63, 3.8) is 0 Å². The van der Waals surface area contributed by atoms with Gasteiger partial charge in [-0.2, -0.15) is 0 Å². The van der Waals surface area contributed by atoms with Gasteiger partial charge in [-0.15, -0.1) is 0 Å². The van der Waals surface area contributed by atoms with Crippen LogP contribution in [-0.2, 0) is 0 Å². The second-order valence-corrected chi connectivity index (χ2v) is 4.19. The predicted octanol–water partition coefficient (Wildman–Crippen LogP) is 3.84. The van der Waals surface area contributed by atoms with Gasteiger partial charge in [0.2, 0.25) is 0 Å². The minimum absolute atomic E-state index is 0.543. The van der Waals surface area contributed by atoms with Gasteiger partial charge in [0.25, 0.3) is 0 Å². The van der Waals surface area contributed by atoms with E-state index in [0.29, 0.717) is 6.04 Å². The number of benzene rings is 1. The van der Waals surface area contributed by atoms with E-state index in [1.807, 2.05) is 0 Å². The van der Waals surface area contributed by atoms with Crippen LogP contribution in [0, 0.1) is 12.8 Å². The molecule has 1 aromatic rings. The zero-order valence-electron chi connectivity index (χ0n) is 9.67. The van der Waals surface area contributed by atoms with Gasteiger partial charge in [0, 0.05) is 11.7 Å². The molecule has 1 rings (SSSR count). The van der Waals surface area contributed by atoms with E-state index in [1.54, 1.807) is 0 Å². The minimum atomic E-state index is 0.543. The number of rotatable bonds is 4. The van der Waals surface area contributed by atoms with Crippen LogP contribution in [0.1, 0.15) is 32.8 Å². The van der Waals surface area contributed by atoms with E-state index < -0.39 is 0 Å². The highest BCUT2D eigenvalue weighted by atomic mass is 14.9. The molecule has 0 amide bonds. The summed E-state index contributed by atoms with van der Waals surface area (Å²) in [6.45, 7) is 8.89. The fourth-order valence-electron chi connectivity index (χ4n) is 1.49. The molecule has 1 heteroatoms. The molecule has 0 fully saturated rings. The highest BCUT2D eigenvalue weighted by Gasteiger charge is 2.09. The standard InChI is InChI=1S/C13H21N/c1-5-11(3)12(4)14-13-8-6-7-10(2)9-13/h6-9,11-12,14H,5H2,1-4H3/t11-,12-/m0/s1. The normalized spacial score (nSPS) is 14.9. The fourth-order valence-corrected chi connectivity index (χ4v) is 1.49. The third kappa shape index (κ3) is 3.06. The van der Waals surface area contributed by atoms with Gasteiger partial charge in [0.1, 0.15) is 0 Å². The maximum atomic E-state index is 3.53. The van der Waals surface area contributed by atoms with Crippen molar-refractivity contribution in [3.05, 3.63) is 29.8 Å². The Morgan fingerprint density at radius 2 is 2.00 bits per heavy atom. The van der Waals surface area contributed by atoms with Crippen LogP contribution in [0.3, 0.4) is 0 Å². The van der Waals surface area contributed by atoms with Crippen molar-refractivity contribution in [2.45, 2.75) is 40.2 Å². The first kappa shape index (κ1) is 11.1. The SMILES string of the molecule is CC[C@H](C)[C@H](C)Nc1cccc(C)c1. The molecule has 0 saturated heterocycles. The van der Waals surface area contributed by atoms with Gasteiger partial charge < -0.3 is 5.32 Å². The quantitative estimate of drug-likeness (QED) is 0.762. The Hall–Kier alpha value is -0.980. The molecule has 1 N–H and O–H groups in total. The smallest absolute Gasteiger partial charge is 0.0344 e. The molecule has 2 atom stereocenters. The molecule has 0 unspecified atom stereocenters. The Morgan fingerprint density at radius 1 is 1.29 bits per heavy atom. The Labute approximate surface area is 87.5 Å². The zero-order valence-corrected chi connectivity index (χ0v) is 9.67. The Bertz CT molecular complexity index is 280. The molecule has 0 aliphatic carbocycles. The van der Waals surface area contributed by atoms with Gasteiger partial charge in [-0.25, -0.2) is 0 Å². The Morgan fingerprint density at radius 3 is 2.57 bits per heavy atom. The van der Waals surface area contributed by atoms with Gasteiger partial charge in [-0.05, 0) is 37.5 Å². The summed E-state index contributed by atoms with van der Waals surface area (Å²) >= 11 is 0. The number of hydrogen-bond acceptors (Lipinski definition) is 1.